The van der Waals surface area contributed by atoms with E-state index < -0.39 is 6.10 Å². The summed E-state index contributed by atoms with van der Waals surface area (Å²) in [6, 6.07) is 5.33. The molecule has 21 heavy (non-hydrogen) atoms. The van der Waals surface area contributed by atoms with Crippen LogP contribution in [0.25, 0.3) is 0 Å². The molecule has 6 nitrogen and oxygen atoms in total. The van der Waals surface area contributed by atoms with Gasteiger partial charge in [0, 0.05) is 0 Å². The Kier molecular flexibility index (Phi) is 4.66. The van der Waals surface area contributed by atoms with E-state index in [1.165, 1.54) is 4.90 Å². The molecule has 0 bridgehead atoms. The predicted octanol–water partition coefficient (Wildman–Crippen LogP) is 1.61. The third-order valence-corrected chi connectivity index (χ3v) is 3.27. The lowest BCUT2D eigenvalue weighted by atomic mass is 10.1. The SMILES string of the molecule is CCOc1cc(CO)cc2c1OC(CC)C(=O)N2CC#N. The molecule has 1 aromatic rings. The van der Waals surface area contributed by atoms with Crippen LogP contribution in [0, 0.1) is 11.3 Å². The topological polar surface area (TPSA) is 82.8 Å². The number of aliphatic hydroxyl groups is 1. The maximum absolute atomic E-state index is 12.3. The number of aliphatic hydroxyl groups excluding tert-OH is 1. The fourth-order valence-corrected chi connectivity index (χ4v) is 2.29. The van der Waals surface area contributed by atoms with E-state index in [2.05, 4.69) is 0 Å². The number of rotatable bonds is 5. The molecule has 1 N–H and O–H groups in total. The summed E-state index contributed by atoms with van der Waals surface area (Å²) < 4.78 is 11.3. The third-order valence-electron chi connectivity index (χ3n) is 3.27. The summed E-state index contributed by atoms with van der Waals surface area (Å²) >= 11 is 0. The molecule has 1 aliphatic heterocycles. The molecule has 1 unspecified atom stereocenters. The van der Waals surface area contributed by atoms with Gasteiger partial charge in [-0.3, -0.25) is 9.69 Å². The summed E-state index contributed by atoms with van der Waals surface area (Å²) in [4.78, 5) is 13.7. The minimum Gasteiger partial charge on any atom is -0.490 e. The van der Waals surface area contributed by atoms with Gasteiger partial charge in [0.1, 0.15) is 6.54 Å². The van der Waals surface area contributed by atoms with Crippen molar-refractivity contribution >= 4 is 11.6 Å². The molecule has 1 atom stereocenters. The van der Waals surface area contributed by atoms with Gasteiger partial charge in [0.15, 0.2) is 17.6 Å². The maximum Gasteiger partial charge on any atom is 0.269 e. The molecular formula is C15H18N2O4. The number of hydrogen-bond acceptors (Lipinski definition) is 5. The average Bonchev–Trinajstić information content (AvgIpc) is 2.50. The smallest absolute Gasteiger partial charge is 0.269 e. The van der Waals surface area contributed by atoms with E-state index in [-0.39, 0.29) is 19.1 Å². The molecule has 0 aliphatic carbocycles. The monoisotopic (exact) mass is 290 g/mol. The Hall–Kier alpha value is -2.26. The fourth-order valence-electron chi connectivity index (χ4n) is 2.29. The first-order valence-electron chi connectivity index (χ1n) is 6.91. The Labute approximate surface area is 123 Å². The third kappa shape index (κ3) is 2.78. The molecule has 112 valence electrons. The van der Waals surface area contributed by atoms with Gasteiger partial charge >= 0.3 is 0 Å². The van der Waals surface area contributed by atoms with Crippen molar-refractivity contribution in [3.8, 4) is 17.6 Å². The highest BCUT2D eigenvalue weighted by molar-refractivity contribution is 6.01. The Morgan fingerprint density at radius 3 is 2.81 bits per heavy atom. The van der Waals surface area contributed by atoms with Crippen LogP contribution in [0.2, 0.25) is 0 Å². The Bertz CT molecular complexity index is 580. The average molecular weight is 290 g/mol. The number of carbonyl (C=O) groups excluding carboxylic acids is 1. The quantitative estimate of drug-likeness (QED) is 0.833. The fraction of sp³-hybridized carbons (Fsp3) is 0.467. The standard InChI is InChI=1S/C15H18N2O4/c1-3-12-15(19)17(6-5-16)11-7-10(9-18)8-13(20-4-2)14(11)21-12/h7-8,12,18H,3-4,6,9H2,1-2H3. The van der Waals surface area contributed by atoms with E-state index in [4.69, 9.17) is 14.7 Å². The zero-order valence-corrected chi connectivity index (χ0v) is 12.1. The van der Waals surface area contributed by atoms with Crippen LogP contribution in [-0.4, -0.2) is 30.3 Å². The second-order valence-electron chi connectivity index (χ2n) is 4.63. The minimum absolute atomic E-state index is 0.0634. The lowest BCUT2D eigenvalue weighted by molar-refractivity contribution is -0.126. The molecule has 0 radical (unpaired) electrons. The van der Waals surface area contributed by atoms with Gasteiger partial charge in [0.2, 0.25) is 0 Å². The predicted molar refractivity (Wildman–Crippen MR) is 76.2 cm³/mol. The van der Waals surface area contributed by atoms with Crippen LogP contribution in [0.1, 0.15) is 25.8 Å². The summed E-state index contributed by atoms with van der Waals surface area (Å²) in [5.74, 6) is 0.688. The van der Waals surface area contributed by atoms with E-state index >= 15 is 0 Å². The van der Waals surface area contributed by atoms with Crippen molar-refractivity contribution in [1.82, 2.24) is 0 Å². The maximum atomic E-state index is 12.3. The van der Waals surface area contributed by atoms with Crippen LogP contribution in [0.5, 0.6) is 11.5 Å². The second kappa shape index (κ2) is 6.46. The van der Waals surface area contributed by atoms with E-state index in [0.29, 0.717) is 35.8 Å². The summed E-state index contributed by atoms with van der Waals surface area (Å²) in [6.07, 6.45) is -0.113. The van der Waals surface area contributed by atoms with Gasteiger partial charge in [0.25, 0.3) is 5.91 Å². The number of benzene rings is 1. The number of nitrogens with zero attached hydrogens (tertiary/aromatic N) is 2. The lowest BCUT2D eigenvalue weighted by Gasteiger charge is -2.33. The molecule has 6 heteroatoms. The van der Waals surface area contributed by atoms with Crippen molar-refractivity contribution in [2.45, 2.75) is 33.0 Å². The highest BCUT2D eigenvalue weighted by Crippen LogP contribution is 2.43. The molecule has 0 saturated carbocycles. The molecule has 0 aromatic heterocycles. The van der Waals surface area contributed by atoms with Crippen LogP contribution in [0.4, 0.5) is 5.69 Å². The highest BCUT2D eigenvalue weighted by atomic mass is 16.5. The number of anilines is 1. The van der Waals surface area contributed by atoms with Crippen LogP contribution < -0.4 is 14.4 Å². The van der Waals surface area contributed by atoms with E-state index in [1.807, 2.05) is 19.9 Å². The number of fused-ring (bicyclic) bond motifs is 1. The van der Waals surface area contributed by atoms with Gasteiger partial charge in [-0.1, -0.05) is 6.92 Å². The Balaban J connectivity index is 2.57. The molecule has 0 spiro atoms. The highest BCUT2D eigenvalue weighted by Gasteiger charge is 2.35. The summed E-state index contributed by atoms with van der Waals surface area (Å²) in [6.45, 7) is 3.88. The second-order valence-corrected chi connectivity index (χ2v) is 4.63. The largest absolute Gasteiger partial charge is 0.490 e. The molecule has 0 saturated heterocycles. The van der Waals surface area contributed by atoms with Crippen LogP contribution in [0.15, 0.2) is 12.1 Å². The zero-order valence-electron chi connectivity index (χ0n) is 12.1. The van der Waals surface area contributed by atoms with Crippen molar-refractivity contribution in [1.29, 1.82) is 5.26 Å². The van der Waals surface area contributed by atoms with E-state index in [0.717, 1.165) is 0 Å². The van der Waals surface area contributed by atoms with Gasteiger partial charge < -0.3 is 14.6 Å². The van der Waals surface area contributed by atoms with E-state index in [9.17, 15) is 9.90 Å². The van der Waals surface area contributed by atoms with E-state index in [1.54, 1.807) is 12.1 Å². The van der Waals surface area contributed by atoms with Crippen molar-refractivity contribution < 1.29 is 19.4 Å². The lowest BCUT2D eigenvalue weighted by Crippen LogP contribution is -2.46. The molecule has 2 rings (SSSR count). The molecular weight excluding hydrogens is 272 g/mol. The van der Waals surface area contributed by atoms with Gasteiger partial charge in [0.05, 0.1) is 25.0 Å². The summed E-state index contributed by atoms with van der Waals surface area (Å²) in [5, 5.41) is 18.3. The van der Waals surface area contributed by atoms with Crippen molar-refractivity contribution in [3.63, 3.8) is 0 Å². The van der Waals surface area contributed by atoms with Gasteiger partial charge in [-0.15, -0.1) is 0 Å². The number of amides is 1. The van der Waals surface area contributed by atoms with Crippen molar-refractivity contribution in [2.75, 3.05) is 18.1 Å². The van der Waals surface area contributed by atoms with Crippen LogP contribution >= 0.6 is 0 Å². The molecule has 1 heterocycles. The van der Waals surface area contributed by atoms with Crippen LogP contribution in [-0.2, 0) is 11.4 Å². The molecule has 0 fully saturated rings. The van der Waals surface area contributed by atoms with Gasteiger partial charge in [-0.05, 0) is 31.0 Å². The number of hydrogen-bond donors (Lipinski definition) is 1. The normalized spacial score (nSPS) is 17.0. The first-order valence-corrected chi connectivity index (χ1v) is 6.91. The summed E-state index contributed by atoms with van der Waals surface area (Å²) in [5.41, 5.74) is 1.08. The number of nitriles is 1. The first kappa shape index (κ1) is 15.1. The summed E-state index contributed by atoms with van der Waals surface area (Å²) in [7, 11) is 0. The number of ether oxygens (including phenoxy) is 2. The van der Waals surface area contributed by atoms with Crippen LogP contribution in [0.3, 0.4) is 0 Å². The number of carbonyl (C=O) groups is 1. The molecule has 1 aliphatic rings. The Morgan fingerprint density at radius 2 is 2.24 bits per heavy atom. The van der Waals surface area contributed by atoms with Crippen molar-refractivity contribution in [3.05, 3.63) is 17.7 Å². The minimum atomic E-state index is -0.620. The van der Waals surface area contributed by atoms with Crippen molar-refractivity contribution in [2.24, 2.45) is 0 Å². The first-order chi connectivity index (χ1) is 10.2. The van der Waals surface area contributed by atoms with Gasteiger partial charge in [-0.25, -0.2) is 0 Å². The molecule has 1 amide bonds. The zero-order chi connectivity index (χ0) is 15.4. The molecule has 1 aromatic carbocycles. The Morgan fingerprint density at radius 1 is 1.48 bits per heavy atom. The van der Waals surface area contributed by atoms with Gasteiger partial charge in [-0.2, -0.15) is 5.26 Å².